The van der Waals surface area contributed by atoms with Crippen molar-refractivity contribution in [3.63, 3.8) is 0 Å². The third kappa shape index (κ3) is 13.1. The highest BCUT2D eigenvalue weighted by Crippen LogP contribution is 2.28. The average Bonchev–Trinajstić information content (AvgIpc) is 3.62. The molecule has 4 N–H and O–H groups in total. The van der Waals surface area contributed by atoms with Gasteiger partial charge in [-0.05, 0) is 56.3 Å². The lowest BCUT2D eigenvalue weighted by Crippen LogP contribution is -2.62. The lowest BCUT2D eigenvalue weighted by atomic mass is 9.85. The first kappa shape index (κ1) is 40.5. The fourth-order valence-electron chi connectivity index (χ4n) is 5.83. The molecule has 5 amide bonds. The van der Waals surface area contributed by atoms with Crippen LogP contribution in [0, 0.1) is 11.3 Å². The second-order valence-corrected chi connectivity index (χ2v) is 16.4. The van der Waals surface area contributed by atoms with E-state index in [1.54, 1.807) is 27.7 Å². The first-order valence-corrected chi connectivity index (χ1v) is 18.5. The van der Waals surface area contributed by atoms with Gasteiger partial charge in [-0.2, -0.15) is 0 Å². The monoisotopic (exact) mass is 689 g/mol. The maximum absolute atomic E-state index is 14.1. The molecule has 2 fully saturated rings. The highest BCUT2D eigenvalue weighted by atomic mass is 32.2. The van der Waals surface area contributed by atoms with Crippen LogP contribution in [0.4, 0.5) is 13.6 Å². The Balaban J connectivity index is 2.23. The molecule has 47 heavy (non-hydrogen) atoms. The number of Topliss-reactive ketones (excluding diaryl/α,β-unsaturated/α-hetero) is 1. The number of rotatable bonds is 18. The Morgan fingerprint density at radius 2 is 1.60 bits per heavy atom. The summed E-state index contributed by atoms with van der Waals surface area (Å²) in [4.78, 5) is 68.1. The van der Waals surface area contributed by atoms with E-state index in [4.69, 9.17) is 0 Å². The molecule has 270 valence electrons. The number of nitrogens with one attached hydrogen (secondary N) is 4. The van der Waals surface area contributed by atoms with E-state index in [2.05, 4.69) is 21.3 Å². The standard InChI is InChI=1S/C33H57F2N5O6S/c1-9-11-16-33(10-2,20-47(46)19-32(8,34)35)39-30(45)38-26(31(5,6)7)29(44)40-17-12-13-24(40)27(42)37-23(18-21(3)4)25(41)28(43)36-22-14-15-22/h21-24,26H,9-20H2,1-8H3,(H,36,43)(H,37,42)(H2,38,39,45). The normalized spacial score (nSPS) is 20.1. The van der Waals surface area contributed by atoms with Crippen LogP contribution >= 0.6 is 0 Å². The molecule has 0 spiro atoms. The molecule has 0 aromatic heterocycles. The number of amides is 5. The van der Waals surface area contributed by atoms with Gasteiger partial charge >= 0.3 is 6.03 Å². The van der Waals surface area contributed by atoms with Crippen molar-refractivity contribution in [1.82, 2.24) is 26.2 Å². The number of unbranched alkanes of at least 4 members (excludes halogenated alkanes) is 1. The molecule has 5 unspecified atom stereocenters. The summed E-state index contributed by atoms with van der Waals surface area (Å²) in [6, 6.07) is -3.71. The molecule has 5 atom stereocenters. The summed E-state index contributed by atoms with van der Waals surface area (Å²) >= 11 is 0. The van der Waals surface area contributed by atoms with Crippen LogP contribution in [-0.2, 0) is 30.0 Å². The van der Waals surface area contributed by atoms with Gasteiger partial charge in [0.2, 0.25) is 17.6 Å². The molecule has 2 rings (SSSR count). The summed E-state index contributed by atoms with van der Waals surface area (Å²) in [7, 11) is -1.91. The minimum absolute atomic E-state index is 0.00993. The van der Waals surface area contributed by atoms with E-state index in [1.165, 1.54) is 4.90 Å². The van der Waals surface area contributed by atoms with Crippen molar-refractivity contribution < 1.29 is 37.0 Å². The number of carbonyl (C=O) groups excluding carboxylic acids is 5. The Labute approximate surface area is 281 Å². The summed E-state index contributed by atoms with van der Waals surface area (Å²) in [5, 5.41) is 11.1. The number of likely N-dealkylation sites (tertiary alicyclic amines) is 1. The van der Waals surface area contributed by atoms with E-state index < -0.39 is 81.1 Å². The number of halogens is 2. The van der Waals surface area contributed by atoms with Gasteiger partial charge in [-0.15, -0.1) is 0 Å². The van der Waals surface area contributed by atoms with Crippen LogP contribution in [-0.4, -0.2) is 92.3 Å². The zero-order valence-electron chi connectivity index (χ0n) is 29.4. The van der Waals surface area contributed by atoms with Crippen LogP contribution in [0.5, 0.6) is 0 Å². The summed E-state index contributed by atoms with van der Waals surface area (Å²) < 4.78 is 40.0. The lowest BCUT2D eigenvalue weighted by molar-refractivity contribution is -0.144. The second kappa shape index (κ2) is 17.1. The van der Waals surface area contributed by atoms with E-state index in [-0.39, 0.29) is 30.7 Å². The SMILES string of the molecule is CCCCC(CC)(CS(=O)CC(C)(F)F)NC(=O)NC(C(=O)N1CCCC1C(=O)NC(CC(C)C)C(=O)C(=O)NC1CC1)C(C)(C)C. The van der Waals surface area contributed by atoms with Gasteiger partial charge in [0.05, 0.1) is 17.3 Å². The first-order chi connectivity index (χ1) is 21.7. The Bertz CT molecular complexity index is 1150. The van der Waals surface area contributed by atoms with Crippen LogP contribution in [0.25, 0.3) is 0 Å². The van der Waals surface area contributed by atoms with Crippen LogP contribution < -0.4 is 21.3 Å². The van der Waals surface area contributed by atoms with Crippen LogP contribution in [0.2, 0.25) is 0 Å². The van der Waals surface area contributed by atoms with Gasteiger partial charge in [-0.1, -0.05) is 61.3 Å². The number of urea groups is 1. The van der Waals surface area contributed by atoms with Crippen molar-refractivity contribution in [2.24, 2.45) is 11.3 Å². The first-order valence-electron chi connectivity index (χ1n) is 17.0. The highest BCUT2D eigenvalue weighted by molar-refractivity contribution is 7.85. The van der Waals surface area contributed by atoms with Gasteiger partial charge in [-0.3, -0.25) is 23.4 Å². The zero-order chi connectivity index (χ0) is 35.7. The number of carbonyl (C=O) groups is 5. The Morgan fingerprint density at radius 3 is 2.11 bits per heavy atom. The van der Waals surface area contributed by atoms with Crippen molar-refractivity contribution in [2.75, 3.05) is 18.1 Å². The van der Waals surface area contributed by atoms with Gasteiger partial charge < -0.3 is 26.2 Å². The minimum atomic E-state index is -3.12. The van der Waals surface area contributed by atoms with E-state index >= 15 is 0 Å². The van der Waals surface area contributed by atoms with Crippen molar-refractivity contribution >= 4 is 40.3 Å². The predicted octanol–water partition coefficient (Wildman–Crippen LogP) is 3.81. The fourth-order valence-corrected chi connectivity index (χ4v) is 7.54. The maximum atomic E-state index is 14.1. The third-order valence-corrected chi connectivity index (χ3v) is 10.3. The van der Waals surface area contributed by atoms with E-state index in [0.29, 0.717) is 39.0 Å². The Morgan fingerprint density at radius 1 is 0.957 bits per heavy atom. The van der Waals surface area contributed by atoms with Gasteiger partial charge in [0.25, 0.3) is 11.8 Å². The summed E-state index contributed by atoms with van der Waals surface area (Å²) in [6.45, 7) is 13.8. The van der Waals surface area contributed by atoms with E-state index in [0.717, 1.165) is 19.3 Å². The fraction of sp³-hybridized carbons (Fsp3) is 0.848. The number of hydrogen-bond acceptors (Lipinski definition) is 6. The minimum Gasteiger partial charge on any atom is -0.347 e. The number of ketones is 1. The van der Waals surface area contributed by atoms with Crippen molar-refractivity contribution in [2.45, 2.75) is 149 Å². The number of alkyl halides is 2. The molecule has 1 aliphatic carbocycles. The van der Waals surface area contributed by atoms with Gasteiger partial charge in [0.15, 0.2) is 0 Å². The zero-order valence-corrected chi connectivity index (χ0v) is 30.2. The quantitative estimate of drug-likeness (QED) is 0.161. The van der Waals surface area contributed by atoms with E-state index in [1.807, 2.05) is 20.8 Å². The molecular formula is C33H57F2N5O6S. The summed E-state index contributed by atoms with van der Waals surface area (Å²) in [6.07, 6.45) is 4.98. The number of nitrogens with zero attached hydrogens (tertiary/aromatic N) is 1. The molecule has 1 aliphatic heterocycles. The molecule has 2 aliphatic rings. The lowest BCUT2D eigenvalue weighted by Gasteiger charge is -2.38. The molecule has 1 saturated heterocycles. The summed E-state index contributed by atoms with van der Waals surface area (Å²) in [5.41, 5.74) is -1.82. The summed E-state index contributed by atoms with van der Waals surface area (Å²) in [5.74, 6) is -6.54. The van der Waals surface area contributed by atoms with Crippen molar-refractivity contribution in [3.8, 4) is 0 Å². The van der Waals surface area contributed by atoms with Gasteiger partial charge in [-0.25, -0.2) is 13.6 Å². The molecule has 1 saturated carbocycles. The smallest absolute Gasteiger partial charge is 0.315 e. The van der Waals surface area contributed by atoms with Crippen LogP contribution in [0.1, 0.15) is 113 Å². The van der Waals surface area contributed by atoms with E-state index in [9.17, 15) is 37.0 Å². The molecule has 0 bridgehead atoms. The molecular weight excluding hydrogens is 632 g/mol. The molecule has 1 heterocycles. The predicted molar refractivity (Wildman–Crippen MR) is 178 cm³/mol. The second-order valence-electron chi connectivity index (χ2n) is 14.9. The van der Waals surface area contributed by atoms with Crippen molar-refractivity contribution in [1.29, 1.82) is 0 Å². The maximum Gasteiger partial charge on any atom is 0.315 e. The number of hydrogen-bond donors (Lipinski definition) is 4. The molecule has 0 radical (unpaired) electrons. The molecule has 0 aromatic rings. The van der Waals surface area contributed by atoms with Crippen LogP contribution in [0.15, 0.2) is 0 Å². The molecule has 11 nitrogen and oxygen atoms in total. The van der Waals surface area contributed by atoms with Crippen molar-refractivity contribution in [3.05, 3.63) is 0 Å². The Hall–Kier alpha value is -2.64. The topological polar surface area (TPSA) is 154 Å². The largest absolute Gasteiger partial charge is 0.347 e. The highest BCUT2D eigenvalue weighted by Gasteiger charge is 2.44. The molecule has 14 heteroatoms. The third-order valence-electron chi connectivity index (χ3n) is 8.62. The van der Waals surface area contributed by atoms with Gasteiger partial charge in [0.1, 0.15) is 12.1 Å². The molecule has 0 aromatic carbocycles. The van der Waals surface area contributed by atoms with Gasteiger partial charge in [0, 0.05) is 36.1 Å². The Kier molecular flexibility index (Phi) is 14.8. The van der Waals surface area contributed by atoms with Crippen LogP contribution in [0.3, 0.4) is 0 Å². The average molecular weight is 690 g/mol.